The molecule has 21 heavy (non-hydrogen) atoms. The van der Waals surface area contributed by atoms with Crippen LogP contribution < -0.4 is 5.32 Å². The lowest BCUT2D eigenvalue weighted by atomic mass is 9.84. The van der Waals surface area contributed by atoms with Gasteiger partial charge >= 0.3 is 0 Å². The zero-order valence-corrected chi connectivity index (χ0v) is 13.6. The highest BCUT2D eigenvalue weighted by Crippen LogP contribution is 2.40. The van der Waals surface area contributed by atoms with E-state index in [1.54, 1.807) is 23.9 Å². The highest BCUT2D eigenvalue weighted by molar-refractivity contribution is 8.00. The maximum Gasteiger partial charge on any atom is 0.282 e. The molecule has 1 saturated carbocycles. The highest BCUT2D eigenvalue weighted by atomic mass is 32.2. The number of thioether (sulfide) groups is 1. The van der Waals surface area contributed by atoms with Gasteiger partial charge in [-0.05, 0) is 37.8 Å². The molecule has 0 aliphatic heterocycles. The Kier molecular flexibility index (Phi) is 6.06. The molecule has 0 aromatic heterocycles. The summed E-state index contributed by atoms with van der Waals surface area (Å²) in [6, 6.07) is 7.56. The van der Waals surface area contributed by atoms with Crippen molar-refractivity contribution in [3.63, 3.8) is 0 Å². The van der Waals surface area contributed by atoms with E-state index in [-0.39, 0.29) is 10.6 Å². The first-order chi connectivity index (χ1) is 10.2. The monoisotopic (exact) mass is 308 g/mol. The summed E-state index contributed by atoms with van der Waals surface area (Å²) in [4.78, 5) is 11.7. The zero-order chi connectivity index (χ0) is 15.2. The number of nitro groups is 1. The molecule has 3 unspecified atom stereocenters. The van der Waals surface area contributed by atoms with Crippen molar-refractivity contribution >= 4 is 17.4 Å². The third kappa shape index (κ3) is 4.20. The predicted octanol–water partition coefficient (Wildman–Crippen LogP) is 4.24. The van der Waals surface area contributed by atoms with Crippen LogP contribution in [0.2, 0.25) is 0 Å². The second kappa shape index (κ2) is 7.80. The summed E-state index contributed by atoms with van der Waals surface area (Å²) < 4.78 is 0. The summed E-state index contributed by atoms with van der Waals surface area (Å²) in [6.07, 6.45) is 4.78. The molecule has 1 N–H and O–H groups in total. The van der Waals surface area contributed by atoms with Crippen LogP contribution in [-0.2, 0) is 0 Å². The topological polar surface area (TPSA) is 55.2 Å². The highest BCUT2D eigenvalue weighted by Gasteiger charge is 2.31. The molecule has 1 aliphatic carbocycles. The SMILES string of the molecule is CCNC1CCC(CC)CC1Sc1ccccc1[N+](=O)[O-]. The van der Waals surface area contributed by atoms with Crippen molar-refractivity contribution < 1.29 is 4.92 Å². The van der Waals surface area contributed by atoms with Gasteiger partial charge in [0.1, 0.15) is 0 Å². The predicted molar refractivity (Wildman–Crippen MR) is 87.8 cm³/mol. The normalized spacial score (nSPS) is 25.7. The number of hydrogen-bond donors (Lipinski definition) is 1. The van der Waals surface area contributed by atoms with Crippen molar-refractivity contribution in [1.29, 1.82) is 0 Å². The fourth-order valence-corrected chi connectivity index (χ4v) is 4.59. The second-order valence-electron chi connectivity index (χ2n) is 5.63. The van der Waals surface area contributed by atoms with Gasteiger partial charge in [0.25, 0.3) is 5.69 Å². The number of nitro benzene ring substituents is 1. The van der Waals surface area contributed by atoms with Crippen LogP contribution in [0.5, 0.6) is 0 Å². The van der Waals surface area contributed by atoms with Crippen LogP contribution >= 0.6 is 11.8 Å². The van der Waals surface area contributed by atoms with Gasteiger partial charge in [-0.3, -0.25) is 10.1 Å². The van der Waals surface area contributed by atoms with Crippen molar-refractivity contribution in [2.24, 2.45) is 5.92 Å². The molecule has 3 atom stereocenters. The molecule has 4 nitrogen and oxygen atoms in total. The second-order valence-corrected chi connectivity index (χ2v) is 6.91. The summed E-state index contributed by atoms with van der Waals surface area (Å²) in [5.41, 5.74) is 0.233. The minimum absolute atomic E-state index is 0.233. The van der Waals surface area contributed by atoms with E-state index in [0.717, 1.165) is 23.8 Å². The lowest BCUT2D eigenvalue weighted by molar-refractivity contribution is -0.387. The van der Waals surface area contributed by atoms with E-state index in [4.69, 9.17) is 0 Å². The van der Waals surface area contributed by atoms with E-state index in [9.17, 15) is 10.1 Å². The Morgan fingerprint density at radius 1 is 1.33 bits per heavy atom. The van der Waals surface area contributed by atoms with Gasteiger partial charge < -0.3 is 5.32 Å². The van der Waals surface area contributed by atoms with Crippen LogP contribution in [0, 0.1) is 16.0 Å². The Balaban J connectivity index is 2.15. The molecule has 0 saturated heterocycles. The van der Waals surface area contributed by atoms with Crippen molar-refractivity contribution in [2.75, 3.05) is 6.54 Å². The molecule has 0 amide bonds. The van der Waals surface area contributed by atoms with Crippen LogP contribution in [0.4, 0.5) is 5.69 Å². The smallest absolute Gasteiger partial charge is 0.282 e. The quantitative estimate of drug-likeness (QED) is 0.630. The van der Waals surface area contributed by atoms with Crippen molar-refractivity contribution in [3.05, 3.63) is 34.4 Å². The average Bonchev–Trinajstić information content (AvgIpc) is 2.49. The van der Waals surface area contributed by atoms with E-state index in [1.807, 2.05) is 12.1 Å². The third-order valence-electron chi connectivity index (χ3n) is 4.28. The van der Waals surface area contributed by atoms with Gasteiger partial charge in [-0.25, -0.2) is 0 Å². The van der Waals surface area contributed by atoms with E-state index in [2.05, 4.69) is 19.2 Å². The Labute approximate surface area is 130 Å². The molecular weight excluding hydrogens is 284 g/mol. The van der Waals surface area contributed by atoms with Gasteiger partial charge in [0, 0.05) is 17.4 Å². The molecule has 1 aliphatic rings. The Morgan fingerprint density at radius 2 is 2.10 bits per heavy atom. The van der Waals surface area contributed by atoms with Crippen LogP contribution in [0.15, 0.2) is 29.2 Å². The average molecular weight is 308 g/mol. The van der Waals surface area contributed by atoms with Gasteiger partial charge in [0.15, 0.2) is 0 Å². The molecule has 0 radical (unpaired) electrons. The van der Waals surface area contributed by atoms with E-state index < -0.39 is 0 Å². The fraction of sp³-hybridized carbons (Fsp3) is 0.625. The number of nitrogens with one attached hydrogen (secondary N) is 1. The summed E-state index contributed by atoms with van der Waals surface area (Å²) in [6.45, 7) is 5.32. The number of nitrogens with zero attached hydrogens (tertiary/aromatic N) is 1. The van der Waals surface area contributed by atoms with Crippen molar-refractivity contribution in [2.45, 2.75) is 55.7 Å². The maximum atomic E-state index is 11.2. The first-order valence-corrected chi connectivity index (χ1v) is 8.67. The van der Waals surface area contributed by atoms with Crippen LogP contribution in [0.1, 0.15) is 39.5 Å². The molecule has 5 heteroatoms. The largest absolute Gasteiger partial charge is 0.313 e. The van der Waals surface area contributed by atoms with Gasteiger partial charge in [0.05, 0.1) is 9.82 Å². The fourth-order valence-electron chi connectivity index (χ4n) is 3.08. The summed E-state index contributed by atoms with van der Waals surface area (Å²) >= 11 is 1.68. The minimum atomic E-state index is -0.273. The van der Waals surface area contributed by atoms with E-state index in [1.165, 1.54) is 19.3 Å². The van der Waals surface area contributed by atoms with Gasteiger partial charge in [0.2, 0.25) is 0 Å². The lowest BCUT2D eigenvalue weighted by Crippen LogP contribution is -2.42. The maximum absolute atomic E-state index is 11.2. The Bertz CT molecular complexity index is 481. The molecule has 116 valence electrons. The number of hydrogen-bond acceptors (Lipinski definition) is 4. The molecule has 0 spiro atoms. The molecule has 1 fully saturated rings. The van der Waals surface area contributed by atoms with Crippen LogP contribution in [-0.4, -0.2) is 22.8 Å². The molecule has 1 aromatic rings. The first kappa shape index (κ1) is 16.3. The number of benzene rings is 1. The molecule has 2 rings (SSSR count). The van der Waals surface area contributed by atoms with Crippen molar-refractivity contribution in [3.8, 4) is 0 Å². The van der Waals surface area contributed by atoms with Crippen LogP contribution in [0.25, 0.3) is 0 Å². The Hall–Kier alpha value is -1.07. The zero-order valence-electron chi connectivity index (χ0n) is 12.7. The molecule has 0 heterocycles. The van der Waals surface area contributed by atoms with Gasteiger partial charge in [-0.2, -0.15) is 0 Å². The number of para-hydroxylation sites is 1. The Morgan fingerprint density at radius 3 is 2.76 bits per heavy atom. The minimum Gasteiger partial charge on any atom is -0.313 e. The summed E-state index contributed by atoms with van der Waals surface area (Å²) in [5, 5.41) is 15.1. The molecular formula is C16H24N2O2S. The molecule has 1 aromatic carbocycles. The van der Waals surface area contributed by atoms with Crippen LogP contribution in [0.3, 0.4) is 0 Å². The molecule has 0 bridgehead atoms. The standard InChI is InChI=1S/C16H24N2O2S/c1-3-12-9-10-13(17-4-2)16(11-12)21-15-8-6-5-7-14(15)18(19)20/h5-8,12-13,16-17H,3-4,9-11H2,1-2H3. The third-order valence-corrected chi connectivity index (χ3v) is 5.71. The van der Waals surface area contributed by atoms with E-state index >= 15 is 0 Å². The number of rotatable bonds is 6. The summed E-state index contributed by atoms with van der Waals surface area (Å²) in [5.74, 6) is 0.750. The lowest BCUT2D eigenvalue weighted by Gasteiger charge is -2.36. The van der Waals surface area contributed by atoms with Crippen molar-refractivity contribution in [1.82, 2.24) is 5.32 Å². The summed E-state index contributed by atoms with van der Waals surface area (Å²) in [7, 11) is 0. The van der Waals surface area contributed by atoms with E-state index in [0.29, 0.717) is 11.3 Å². The van der Waals surface area contributed by atoms with Gasteiger partial charge in [-0.15, -0.1) is 11.8 Å². The first-order valence-electron chi connectivity index (χ1n) is 7.79. The van der Waals surface area contributed by atoms with Gasteiger partial charge in [-0.1, -0.05) is 32.4 Å².